The van der Waals surface area contributed by atoms with E-state index in [0.717, 1.165) is 11.1 Å². The van der Waals surface area contributed by atoms with Crippen molar-refractivity contribution >= 4 is 17.0 Å². The number of aromatic nitrogens is 2. The van der Waals surface area contributed by atoms with Crippen molar-refractivity contribution in [3.63, 3.8) is 0 Å². The molecule has 156 valence electrons. The standard InChI is InChI=1S/C25H23N3O3/c1-30-22-15-14-19(17-23(22)31-2)24-27-21-13-7-6-12-20(21)25(29)28(24)26-16-8-11-18-9-4-3-5-10-18/h3-15,17,26H,16H2,1-2H3/b11-8+. The monoisotopic (exact) mass is 413 g/mol. The average Bonchev–Trinajstić information content (AvgIpc) is 2.83. The molecule has 0 aliphatic heterocycles. The van der Waals surface area contributed by atoms with Crippen LogP contribution in [0.15, 0.2) is 83.7 Å². The van der Waals surface area contributed by atoms with Crippen molar-refractivity contribution in [2.45, 2.75) is 0 Å². The molecule has 31 heavy (non-hydrogen) atoms. The Morgan fingerprint density at radius 3 is 2.45 bits per heavy atom. The third-order valence-corrected chi connectivity index (χ3v) is 4.89. The highest BCUT2D eigenvalue weighted by Crippen LogP contribution is 2.31. The third kappa shape index (κ3) is 4.28. The van der Waals surface area contributed by atoms with E-state index in [4.69, 9.17) is 14.5 Å². The summed E-state index contributed by atoms with van der Waals surface area (Å²) in [6.45, 7) is 0.453. The zero-order valence-electron chi connectivity index (χ0n) is 17.4. The highest BCUT2D eigenvalue weighted by molar-refractivity contribution is 5.80. The fourth-order valence-corrected chi connectivity index (χ4v) is 3.35. The quantitative estimate of drug-likeness (QED) is 0.488. The summed E-state index contributed by atoms with van der Waals surface area (Å²) in [6, 6.07) is 22.8. The van der Waals surface area contributed by atoms with Gasteiger partial charge in [-0.05, 0) is 35.9 Å². The van der Waals surface area contributed by atoms with Gasteiger partial charge in [0, 0.05) is 12.1 Å². The first-order valence-electron chi connectivity index (χ1n) is 9.91. The van der Waals surface area contributed by atoms with Gasteiger partial charge >= 0.3 is 0 Å². The molecule has 0 aliphatic carbocycles. The molecule has 0 atom stereocenters. The van der Waals surface area contributed by atoms with Gasteiger partial charge in [0.1, 0.15) is 0 Å². The van der Waals surface area contributed by atoms with Crippen molar-refractivity contribution in [1.82, 2.24) is 9.66 Å². The molecule has 0 bridgehead atoms. The summed E-state index contributed by atoms with van der Waals surface area (Å²) in [6.07, 6.45) is 3.97. The largest absolute Gasteiger partial charge is 0.493 e. The predicted molar refractivity (Wildman–Crippen MR) is 124 cm³/mol. The number of para-hydroxylation sites is 1. The van der Waals surface area contributed by atoms with Gasteiger partial charge in [-0.25, -0.2) is 9.66 Å². The molecule has 1 aromatic heterocycles. The second-order valence-electron chi connectivity index (χ2n) is 6.84. The van der Waals surface area contributed by atoms with Crippen LogP contribution < -0.4 is 20.5 Å². The van der Waals surface area contributed by atoms with Crippen LogP contribution in [0.4, 0.5) is 0 Å². The Labute approximate surface area is 180 Å². The summed E-state index contributed by atoms with van der Waals surface area (Å²) in [5, 5.41) is 0.547. The van der Waals surface area contributed by atoms with E-state index in [1.54, 1.807) is 26.4 Å². The molecule has 0 saturated heterocycles. The molecular formula is C25H23N3O3. The number of ether oxygens (including phenoxy) is 2. The van der Waals surface area contributed by atoms with Gasteiger partial charge in [-0.15, -0.1) is 0 Å². The van der Waals surface area contributed by atoms with Crippen LogP contribution in [0.5, 0.6) is 11.5 Å². The number of nitrogens with one attached hydrogen (secondary N) is 1. The summed E-state index contributed by atoms with van der Waals surface area (Å²) >= 11 is 0. The lowest BCUT2D eigenvalue weighted by molar-refractivity contribution is 0.355. The lowest BCUT2D eigenvalue weighted by atomic mass is 10.1. The van der Waals surface area contributed by atoms with Crippen molar-refractivity contribution in [3.8, 4) is 22.9 Å². The molecule has 0 saturated carbocycles. The smallest absolute Gasteiger partial charge is 0.280 e. The number of rotatable bonds is 7. The highest BCUT2D eigenvalue weighted by atomic mass is 16.5. The Morgan fingerprint density at radius 1 is 0.935 bits per heavy atom. The molecule has 1 N–H and O–H groups in total. The fraction of sp³-hybridized carbons (Fsp3) is 0.120. The number of methoxy groups -OCH3 is 2. The third-order valence-electron chi connectivity index (χ3n) is 4.89. The summed E-state index contributed by atoms with van der Waals surface area (Å²) in [4.78, 5) is 18.0. The summed E-state index contributed by atoms with van der Waals surface area (Å²) in [7, 11) is 3.16. The first-order chi connectivity index (χ1) is 15.2. The highest BCUT2D eigenvalue weighted by Gasteiger charge is 2.14. The Balaban J connectivity index is 1.75. The molecule has 0 amide bonds. The van der Waals surface area contributed by atoms with Crippen molar-refractivity contribution in [2.24, 2.45) is 0 Å². The second-order valence-corrected chi connectivity index (χ2v) is 6.84. The minimum Gasteiger partial charge on any atom is -0.493 e. The van der Waals surface area contributed by atoms with E-state index in [1.807, 2.05) is 72.8 Å². The predicted octanol–water partition coefficient (Wildman–Crippen LogP) is 4.34. The molecule has 0 unspecified atom stereocenters. The molecule has 6 heteroatoms. The number of nitrogens with zero attached hydrogens (tertiary/aromatic N) is 2. The lowest BCUT2D eigenvalue weighted by Crippen LogP contribution is -2.31. The maximum Gasteiger partial charge on any atom is 0.280 e. The topological polar surface area (TPSA) is 65.4 Å². The van der Waals surface area contributed by atoms with Crippen LogP contribution in [0.1, 0.15) is 5.56 Å². The van der Waals surface area contributed by atoms with Crippen LogP contribution in [-0.2, 0) is 0 Å². The molecule has 0 radical (unpaired) electrons. The molecule has 3 aromatic carbocycles. The Morgan fingerprint density at radius 2 is 1.68 bits per heavy atom. The van der Waals surface area contributed by atoms with Crippen molar-refractivity contribution in [1.29, 1.82) is 0 Å². The molecule has 0 spiro atoms. The van der Waals surface area contributed by atoms with E-state index >= 15 is 0 Å². The maximum absolute atomic E-state index is 13.2. The van der Waals surface area contributed by atoms with Crippen LogP contribution in [0.3, 0.4) is 0 Å². The summed E-state index contributed by atoms with van der Waals surface area (Å²) in [5.74, 6) is 1.68. The molecule has 1 heterocycles. The van der Waals surface area contributed by atoms with E-state index in [2.05, 4.69) is 5.43 Å². The van der Waals surface area contributed by atoms with E-state index in [1.165, 1.54) is 4.68 Å². The second kappa shape index (κ2) is 9.17. The molecule has 0 aliphatic rings. The summed E-state index contributed by atoms with van der Waals surface area (Å²) in [5.41, 5.74) is 5.49. The van der Waals surface area contributed by atoms with Crippen LogP contribution in [0, 0.1) is 0 Å². The van der Waals surface area contributed by atoms with Crippen LogP contribution >= 0.6 is 0 Å². The summed E-state index contributed by atoms with van der Waals surface area (Å²) < 4.78 is 12.3. The normalized spacial score (nSPS) is 11.0. The molecule has 0 fully saturated rings. The van der Waals surface area contributed by atoms with E-state index < -0.39 is 0 Å². The van der Waals surface area contributed by atoms with E-state index in [-0.39, 0.29) is 5.56 Å². The van der Waals surface area contributed by atoms with Crippen molar-refractivity contribution < 1.29 is 9.47 Å². The molecule has 4 aromatic rings. The number of benzene rings is 3. The van der Waals surface area contributed by atoms with Crippen LogP contribution in [-0.4, -0.2) is 30.4 Å². The Bertz CT molecular complexity index is 1280. The molecule has 6 nitrogen and oxygen atoms in total. The Hall–Kier alpha value is -4.06. The first-order valence-corrected chi connectivity index (χ1v) is 9.91. The minimum atomic E-state index is -0.163. The van der Waals surface area contributed by atoms with Gasteiger partial charge in [0.2, 0.25) is 0 Å². The van der Waals surface area contributed by atoms with Crippen molar-refractivity contribution in [2.75, 3.05) is 26.2 Å². The SMILES string of the molecule is COc1ccc(-c2nc3ccccc3c(=O)n2NC/C=C/c2ccccc2)cc1OC. The van der Waals surface area contributed by atoms with Gasteiger partial charge in [-0.3, -0.25) is 4.79 Å². The van der Waals surface area contributed by atoms with Gasteiger partial charge in [0.25, 0.3) is 5.56 Å². The Kier molecular flexibility index (Phi) is 5.98. The van der Waals surface area contributed by atoms with Crippen LogP contribution in [0.25, 0.3) is 28.4 Å². The number of fused-ring (bicyclic) bond motifs is 1. The van der Waals surface area contributed by atoms with E-state index in [9.17, 15) is 4.79 Å². The van der Waals surface area contributed by atoms with Crippen molar-refractivity contribution in [3.05, 3.63) is 94.8 Å². The van der Waals surface area contributed by atoms with Gasteiger partial charge in [0.15, 0.2) is 17.3 Å². The zero-order chi connectivity index (χ0) is 21.6. The fourth-order valence-electron chi connectivity index (χ4n) is 3.35. The number of hydrogen-bond donors (Lipinski definition) is 1. The maximum atomic E-state index is 13.2. The zero-order valence-corrected chi connectivity index (χ0v) is 17.4. The van der Waals surface area contributed by atoms with Gasteiger partial charge in [-0.2, -0.15) is 0 Å². The first kappa shape index (κ1) is 20.2. The lowest BCUT2D eigenvalue weighted by Gasteiger charge is -2.16. The van der Waals surface area contributed by atoms with E-state index in [0.29, 0.717) is 34.8 Å². The average molecular weight is 413 g/mol. The number of hydrogen-bond acceptors (Lipinski definition) is 5. The van der Waals surface area contributed by atoms with Gasteiger partial charge in [0.05, 0.1) is 25.1 Å². The molecule has 4 rings (SSSR count). The molecular weight excluding hydrogens is 390 g/mol. The van der Waals surface area contributed by atoms with Gasteiger partial charge < -0.3 is 14.9 Å². The van der Waals surface area contributed by atoms with Gasteiger partial charge in [-0.1, -0.05) is 54.6 Å². The van der Waals surface area contributed by atoms with Crippen LogP contribution in [0.2, 0.25) is 0 Å². The minimum absolute atomic E-state index is 0.163.